The smallest absolute Gasteiger partial charge is 0.207 e. The van der Waals surface area contributed by atoms with Gasteiger partial charge in [-0.3, -0.25) is 0 Å². The molecule has 116 valence electrons. The standard InChI is InChI=1S/C18H21NO2S/c20-22(21,19-12-16-7-3-4-8-17(16)13-19)18-10-9-14-5-1-2-6-15(14)11-18/h1-6,11,16-17H,7-10,12-13H2/t16-,17-/m1/s1. The molecule has 0 amide bonds. The van der Waals surface area contributed by atoms with E-state index in [4.69, 9.17) is 0 Å². The minimum atomic E-state index is -3.30. The van der Waals surface area contributed by atoms with Crippen LogP contribution in [0.15, 0.2) is 41.3 Å². The van der Waals surface area contributed by atoms with Gasteiger partial charge in [-0.15, -0.1) is 0 Å². The number of aryl methyl sites for hydroxylation is 1. The SMILES string of the molecule is O=S(=O)(C1=Cc2ccccc2CC1)N1C[C@H]2CC=CC[C@@H]2C1. The van der Waals surface area contributed by atoms with Gasteiger partial charge < -0.3 is 0 Å². The van der Waals surface area contributed by atoms with Crippen molar-refractivity contribution in [2.24, 2.45) is 11.8 Å². The molecule has 0 spiro atoms. The van der Waals surface area contributed by atoms with E-state index in [1.807, 2.05) is 24.3 Å². The maximum absolute atomic E-state index is 13.0. The minimum Gasteiger partial charge on any atom is -0.207 e. The molecule has 1 fully saturated rings. The molecule has 0 radical (unpaired) electrons. The van der Waals surface area contributed by atoms with Gasteiger partial charge in [0, 0.05) is 13.1 Å². The Hall–Kier alpha value is -1.39. The van der Waals surface area contributed by atoms with Crippen molar-refractivity contribution >= 4 is 16.1 Å². The number of fused-ring (bicyclic) bond motifs is 2. The van der Waals surface area contributed by atoms with Crippen LogP contribution in [0.5, 0.6) is 0 Å². The average Bonchev–Trinajstić information content (AvgIpc) is 2.99. The van der Waals surface area contributed by atoms with E-state index in [9.17, 15) is 8.42 Å². The first-order valence-corrected chi connectivity index (χ1v) is 9.52. The molecule has 2 atom stereocenters. The highest BCUT2D eigenvalue weighted by Crippen LogP contribution is 2.37. The first-order valence-electron chi connectivity index (χ1n) is 8.08. The van der Waals surface area contributed by atoms with Gasteiger partial charge in [0.05, 0.1) is 4.91 Å². The lowest BCUT2D eigenvalue weighted by atomic mass is 9.86. The second-order valence-electron chi connectivity index (χ2n) is 6.59. The van der Waals surface area contributed by atoms with Crippen LogP contribution in [0.2, 0.25) is 0 Å². The number of hydrogen-bond donors (Lipinski definition) is 0. The molecule has 0 saturated carbocycles. The van der Waals surface area contributed by atoms with Crippen LogP contribution in [0, 0.1) is 11.8 Å². The summed E-state index contributed by atoms with van der Waals surface area (Å²) in [5.74, 6) is 1.02. The van der Waals surface area contributed by atoms with Crippen LogP contribution in [-0.2, 0) is 16.4 Å². The van der Waals surface area contributed by atoms with Crippen molar-refractivity contribution in [1.29, 1.82) is 0 Å². The summed E-state index contributed by atoms with van der Waals surface area (Å²) >= 11 is 0. The molecule has 0 aromatic heterocycles. The van der Waals surface area contributed by atoms with Crippen molar-refractivity contribution in [1.82, 2.24) is 4.31 Å². The lowest BCUT2D eigenvalue weighted by Gasteiger charge is -2.22. The second-order valence-corrected chi connectivity index (χ2v) is 8.59. The van der Waals surface area contributed by atoms with Crippen LogP contribution in [0.25, 0.3) is 6.08 Å². The highest BCUT2D eigenvalue weighted by Gasteiger charge is 2.40. The molecule has 1 aromatic carbocycles. The third-order valence-electron chi connectivity index (χ3n) is 5.27. The average molecular weight is 315 g/mol. The summed E-state index contributed by atoms with van der Waals surface area (Å²) in [4.78, 5) is 0.595. The molecule has 0 bridgehead atoms. The molecule has 1 aliphatic heterocycles. The molecule has 22 heavy (non-hydrogen) atoms. The molecule has 1 heterocycles. The Morgan fingerprint density at radius 1 is 0.955 bits per heavy atom. The van der Waals surface area contributed by atoms with Crippen LogP contribution in [-0.4, -0.2) is 25.8 Å². The minimum absolute atomic E-state index is 0.510. The maximum atomic E-state index is 13.0. The van der Waals surface area contributed by atoms with Crippen molar-refractivity contribution in [3.63, 3.8) is 0 Å². The first kappa shape index (κ1) is 14.2. The summed E-state index contributed by atoms with van der Waals surface area (Å²) in [7, 11) is -3.30. The number of hydrogen-bond acceptors (Lipinski definition) is 2. The number of rotatable bonds is 2. The van der Waals surface area contributed by atoms with Crippen molar-refractivity contribution in [2.75, 3.05) is 13.1 Å². The molecule has 0 unspecified atom stereocenters. The quantitative estimate of drug-likeness (QED) is 0.786. The molecule has 2 aliphatic carbocycles. The largest absolute Gasteiger partial charge is 0.239 e. The topological polar surface area (TPSA) is 37.4 Å². The van der Waals surface area contributed by atoms with Gasteiger partial charge in [0.15, 0.2) is 0 Å². The summed E-state index contributed by atoms with van der Waals surface area (Å²) in [5, 5.41) is 0. The Balaban J connectivity index is 1.61. The number of sulfonamides is 1. The Morgan fingerprint density at radius 3 is 2.36 bits per heavy atom. The highest BCUT2D eigenvalue weighted by atomic mass is 32.2. The summed E-state index contributed by atoms with van der Waals surface area (Å²) in [6, 6.07) is 8.09. The lowest BCUT2D eigenvalue weighted by Crippen LogP contribution is -2.31. The fourth-order valence-electron chi connectivity index (χ4n) is 3.94. The fraction of sp³-hybridized carbons (Fsp3) is 0.444. The molecular weight excluding hydrogens is 294 g/mol. The van der Waals surface area contributed by atoms with Gasteiger partial charge in [-0.05, 0) is 54.7 Å². The van der Waals surface area contributed by atoms with Crippen LogP contribution in [0.4, 0.5) is 0 Å². The van der Waals surface area contributed by atoms with Crippen molar-refractivity contribution in [3.8, 4) is 0 Å². The van der Waals surface area contributed by atoms with Gasteiger partial charge >= 0.3 is 0 Å². The van der Waals surface area contributed by atoms with E-state index in [0.29, 0.717) is 36.3 Å². The molecular formula is C18H21NO2S. The predicted octanol–water partition coefficient (Wildman–Crippen LogP) is 3.20. The van der Waals surface area contributed by atoms with Crippen molar-refractivity contribution < 1.29 is 8.42 Å². The maximum Gasteiger partial charge on any atom is 0.239 e. The van der Waals surface area contributed by atoms with E-state index in [1.54, 1.807) is 4.31 Å². The van der Waals surface area contributed by atoms with Crippen molar-refractivity contribution in [2.45, 2.75) is 25.7 Å². The molecule has 3 nitrogen and oxygen atoms in total. The molecule has 0 N–H and O–H groups in total. The van der Waals surface area contributed by atoms with Crippen molar-refractivity contribution in [3.05, 3.63) is 52.4 Å². The van der Waals surface area contributed by atoms with Gasteiger partial charge in [-0.25, -0.2) is 8.42 Å². The molecule has 1 aromatic rings. The van der Waals surface area contributed by atoms with Gasteiger partial charge in [-0.2, -0.15) is 4.31 Å². The Labute approximate surface area is 132 Å². The number of nitrogens with zero attached hydrogens (tertiary/aromatic N) is 1. The summed E-state index contributed by atoms with van der Waals surface area (Å²) in [6.45, 7) is 1.38. The molecule has 3 aliphatic rings. The van der Waals surface area contributed by atoms with Crippen LogP contribution in [0.3, 0.4) is 0 Å². The van der Waals surface area contributed by atoms with Crippen LogP contribution >= 0.6 is 0 Å². The number of allylic oxidation sites excluding steroid dienone is 3. The highest BCUT2D eigenvalue weighted by molar-refractivity contribution is 7.93. The normalized spacial score (nSPS) is 28.1. The Bertz CT molecular complexity index is 732. The van der Waals surface area contributed by atoms with E-state index >= 15 is 0 Å². The van der Waals surface area contributed by atoms with Gasteiger partial charge in [0.2, 0.25) is 10.0 Å². The van der Waals surface area contributed by atoms with E-state index in [1.165, 1.54) is 5.56 Å². The zero-order valence-corrected chi connectivity index (χ0v) is 13.4. The van der Waals surface area contributed by atoms with Gasteiger partial charge in [-0.1, -0.05) is 36.4 Å². The third-order valence-corrected chi connectivity index (χ3v) is 7.23. The third kappa shape index (κ3) is 2.34. The Kier molecular flexibility index (Phi) is 3.46. The van der Waals surface area contributed by atoms with E-state index < -0.39 is 10.0 Å². The van der Waals surface area contributed by atoms with Crippen LogP contribution < -0.4 is 0 Å². The zero-order chi connectivity index (χ0) is 15.2. The van der Waals surface area contributed by atoms with E-state index in [-0.39, 0.29) is 0 Å². The lowest BCUT2D eigenvalue weighted by molar-refractivity contribution is 0.411. The molecule has 4 heteroatoms. The second kappa shape index (κ2) is 5.36. The molecule has 1 saturated heterocycles. The van der Waals surface area contributed by atoms with Gasteiger partial charge in [0.25, 0.3) is 0 Å². The zero-order valence-electron chi connectivity index (χ0n) is 12.6. The Morgan fingerprint density at radius 2 is 1.64 bits per heavy atom. The first-order chi connectivity index (χ1) is 10.6. The number of benzene rings is 1. The molecule has 4 rings (SSSR count). The van der Waals surface area contributed by atoms with Gasteiger partial charge in [0.1, 0.15) is 0 Å². The van der Waals surface area contributed by atoms with Crippen LogP contribution in [0.1, 0.15) is 30.4 Å². The summed E-state index contributed by atoms with van der Waals surface area (Å²) in [6.07, 6.45) is 9.79. The predicted molar refractivity (Wildman–Crippen MR) is 88.6 cm³/mol. The summed E-state index contributed by atoms with van der Waals surface area (Å²) < 4.78 is 27.7. The van der Waals surface area contributed by atoms with E-state index in [0.717, 1.165) is 24.8 Å². The monoisotopic (exact) mass is 315 g/mol. The fourth-order valence-corrected chi connectivity index (χ4v) is 5.69. The summed E-state index contributed by atoms with van der Waals surface area (Å²) in [5.41, 5.74) is 2.31. The van der Waals surface area contributed by atoms with E-state index in [2.05, 4.69) is 18.2 Å².